The molecular weight excluding hydrogens is 433 g/mol. The molecule has 33 heavy (non-hydrogen) atoms. The first-order valence-electron chi connectivity index (χ1n) is 11.1. The average molecular weight is 464 g/mol. The van der Waals surface area contributed by atoms with Gasteiger partial charge < -0.3 is 25.4 Å². The van der Waals surface area contributed by atoms with Gasteiger partial charge in [-0.05, 0) is 47.0 Å². The van der Waals surface area contributed by atoms with Crippen LogP contribution in [-0.4, -0.2) is 47.0 Å². The maximum atomic E-state index is 15.5. The summed E-state index contributed by atoms with van der Waals surface area (Å²) in [6.45, 7) is 10.1. The number of ether oxygens (including phenoxy) is 2. The summed E-state index contributed by atoms with van der Waals surface area (Å²) in [6, 6.07) is -0.574. The topological polar surface area (TPSA) is 132 Å². The van der Waals surface area contributed by atoms with Crippen molar-refractivity contribution in [2.45, 2.75) is 58.7 Å². The van der Waals surface area contributed by atoms with Crippen LogP contribution in [0.4, 0.5) is 20.6 Å². The number of aromatic amines is 1. The first kappa shape index (κ1) is 22.9. The lowest BCUT2D eigenvalue weighted by molar-refractivity contribution is 0.0494. The molecule has 1 unspecified atom stereocenters. The van der Waals surface area contributed by atoms with Crippen molar-refractivity contribution in [2.75, 3.05) is 30.3 Å². The minimum absolute atomic E-state index is 0.0184. The zero-order chi connectivity index (χ0) is 24.2. The van der Waals surface area contributed by atoms with Crippen LogP contribution in [0.5, 0.6) is 5.75 Å². The van der Waals surface area contributed by atoms with Crippen molar-refractivity contribution in [1.29, 1.82) is 0 Å². The van der Waals surface area contributed by atoms with Crippen LogP contribution >= 0.6 is 0 Å². The molecule has 3 atom stereocenters. The van der Waals surface area contributed by atoms with E-state index in [-0.39, 0.29) is 52.6 Å². The Morgan fingerprint density at radius 1 is 1.36 bits per heavy atom. The van der Waals surface area contributed by atoms with Crippen LogP contribution < -0.4 is 31.9 Å². The Hall–Kier alpha value is -3.24. The molecule has 4 rings (SSSR count). The maximum absolute atomic E-state index is 15.5. The number of amides is 1. The number of nitrogens with zero attached hydrogens (tertiary/aromatic N) is 2. The van der Waals surface area contributed by atoms with Crippen molar-refractivity contribution < 1.29 is 18.7 Å². The summed E-state index contributed by atoms with van der Waals surface area (Å²) >= 11 is 0. The van der Waals surface area contributed by atoms with Gasteiger partial charge in [0.25, 0.3) is 5.56 Å². The van der Waals surface area contributed by atoms with Gasteiger partial charge in [-0.3, -0.25) is 14.3 Å². The lowest BCUT2D eigenvalue weighted by Gasteiger charge is -2.31. The Morgan fingerprint density at radius 3 is 2.73 bits per heavy atom. The fraction of sp³-hybridized carbons (Fsp3) is 0.591. The average Bonchev–Trinajstić information content (AvgIpc) is 3.17. The monoisotopic (exact) mass is 463 g/mol. The highest BCUT2D eigenvalue weighted by Gasteiger charge is 2.36. The summed E-state index contributed by atoms with van der Waals surface area (Å²) in [7, 11) is 0. The smallest absolute Gasteiger partial charge is 0.407 e. The summed E-state index contributed by atoms with van der Waals surface area (Å²) in [5.41, 5.74) is 4.13. The van der Waals surface area contributed by atoms with Gasteiger partial charge in [-0.25, -0.2) is 14.0 Å². The van der Waals surface area contributed by atoms with E-state index in [2.05, 4.69) is 10.3 Å². The quantitative estimate of drug-likeness (QED) is 0.594. The summed E-state index contributed by atoms with van der Waals surface area (Å²) in [5.74, 6) is -0.590. The predicted molar refractivity (Wildman–Crippen MR) is 123 cm³/mol. The molecule has 0 radical (unpaired) electrons. The number of nitrogens with one attached hydrogen (secondary N) is 2. The number of nitrogen functional groups attached to an aromatic ring is 1. The molecule has 10 nitrogen and oxygen atoms in total. The Balaban J connectivity index is 1.69. The van der Waals surface area contributed by atoms with Crippen molar-refractivity contribution in [1.82, 2.24) is 14.9 Å². The molecule has 1 fully saturated rings. The molecule has 1 aromatic heterocycles. The molecule has 1 amide bonds. The van der Waals surface area contributed by atoms with E-state index < -0.39 is 28.8 Å². The SMILES string of the molecule is CC1COc2c(N3CC[C@@H]([C@H](C)NC(=O)OC(C)(C)C)C3)c(F)c(N)c3c(=O)[nH]c(=O)n1c23. The number of benzene rings is 1. The third-order valence-electron chi connectivity index (χ3n) is 6.19. The van der Waals surface area contributed by atoms with Crippen LogP contribution in [0, 0.1) is 11.7 Å². The summed E-state index contributed by atoms with van der Waals surface area (Å²) in [6.07, 6.45) is 0.178. The Bertz CT molecular complexity index is 1230. The highest BCUT2D eigenvalue weighted by molar-refractivity contribution is 6.00. The highest BCUT2D eigenvalue weighted by Crippen LogP contribution is 2.45. The number of nitrogens with two attached hydrogens (primary N) is 1. The Kier molecular flexibility index (Phi) is 5.53. The normalized spacial score (nSPS) is 21.1. The molecule has 1 aromatic carbocycles. The summed E-state index contributed by atoms with van der Waals surface area (Å²) in [4.78, 5) is 41.1. The molecule has 2 aliphatic heterocycles. The Labute approximate surface area is 189 Å². The van der Waals surface area contributed by atoms with Gasteiger partial charge in [-0.1, -0.05) is 0 Å². The van der Waals surface area contributed by atoms with Gasteiger partial charge >= 0.3 is 11.8 Å². The van der Waals surface area contributed by atoms with E-state index in [0.717, 1.165) is 0 Å². The minimum Gasteiger partial charge on any atom is -0.487 e. The van der Waals surface area contributed by atoms with E-state index in [1.165, 1.54) is 4.57 Å². The molecular formula is C22H30FN5O5. The third kappa shape index (κ3) is 4.00. The number of carbonyl (C=O) groups excluding carboxylic acids is 1. The van der Waals surface area contributed by atoms with Crippen molar-refractivity contribution in [3.05, 3.63) is 26.7 Å². The molecule has 1 saturated heterocycles. The predicted octanol–water partition coefficient (Wildman–Crippen LogP) is 2.10. The van der Waals surface area contributed by atoms with E-state index in [9.17, 15) is 14.4 Å². The fourth-order valence-corrected chi connectivity index (χ4v) is 4.60. The van der Waals surface area contributed by atoms with Crippen molar-refractivity contribution in [3.63, 3.8) is 0 Å². The second kappa shape index (κ2) is 7.96. The fourth-order valence-electron chi connectivity index (χ4n) is 4.60. The third-order valence-corrected chi connectivity index (χ3v) is 6.19. The standard InChI is InChI=1S/C22H30FN5O5/c1-10-9-32-18-16-13(19(29)26-20(30)28(10)16)15(24)14(23)17(18)27-7-6-12(8-27)11(2)25-21(31)33-22(3,4)5/h10-12H,6-9,24H2,1-5H3,(H,25,31)(H,26,29,30)/t10?,11-,12+/m0/s1. The number of carbonyl (C=O) groups is 1. The first-order chi connectivity index (χ1) is 15.4. The van der Waals surface area contributed by atoms with Gasteiger partial charge in [0.1, 0.15) is 23.4 Å². The van der Waals surface area contributed by atoms with Crippen LogP contribution in [0.3, 0.4) is 0 Å². The first-order valence-corrected chi connectivity index (χ1v) is 11.1. The van der Waals surface area contributed by atoms with Crippen molar-refractivity contribution in [2.24, 2.45) is 5.92 Å². The van der Waals surface area contributed by atoms with Crippen LogP contribution in [0.15, 0.2) is 9.59 Å². The zero-order valence-electron chi connectivity index (χ0n) is 19.5. The number of anilines is 2. The summed E-state index contributed by atoms with van der Waals surface area (Å²) < 4.78 is 28.1. The number of hydrogen-bond acceptors (Lipinski definition) is 7. The van der Waals surface area contributed by atoms with Gasteiger partial charge in [0, 0.05) is 19.1 Å². The van der Waals surface area contributed by atoms with E-state index in [4.69, 9.17) is 15.2 Å². The molecule has 0 aliphatic carbocycles. The van der Waals surface area contributed by atoms with Gasteiger partial charge in [0.2, 0.25) is 0 Å². The van der Waals surface area contributed by atoms with Crippen LogP contribution in [0.2, 0.25) is 0 Å². The van der Waals surface area contributed by atoms with Crippen LogP contribution in [0.25, 0.3) is 10.9 Å². The molecule has 11 heteroatoms. The number of halogens is 1. The van der Waals surface area contributed by atoms with E-state index in [1.54, 1.807) is 32.6 Å². The van der Waals surface area contributed by atoms with Crippen LogP contribution in [-0.2, 0) is 4.74 Å². The molecule has 180 valence electrons. The van der Waals surface area contributed by atoms with Crippen molar-refractivity contribution >= 4 is 28.4 Å². The van der Waals surface area contributed by atoms with E-state index in [1.807, 2.05) is 6.92 Å². The minimum atomic E-state index is -0.754. The lowest BCUT2D eigenvalue weighted by atomic mass is 10.0. The lowest BCUT2D eigenvalue weighted by Crippen LogP contribution is -2.42. The zero-order valence-corrected chi connectivity index (χ0v) is 19.5. The largest absolute Gasteiger partial charge is 0.487 e. The second-order valence-corrected chi connectivity index (χ2v) is 9.85. The summed E-state index contributed by atoms with van der Waals surface area (Å²) in [5, 5.41) is 2.76. The van der Waals surface area contributed by atoms with E-state index in [0.29, 0.717) is 19.5 Å². The molecule has 0 spiro atoms. The molecule has 2 aromatic rings. The molecule has 4 N–H and O–H groups in total. The molecule has 0 saturated carbocycles. The van der Waals surface area contributed by atoms with Gasteiger partial charge in [-0.2, -0.15) is 0 Å². The maximum Gasteiger partial charge on any atom is 0.407 e. The van der Waals surface area contributed by atoms with Crippen LogP contribution in [0.1, 0.15) is 47.1 Å². The second-order valence-electron chi connectivity index (χ2n) is 9.85. The van der Waals surface area contributed by atoms with E-state index >= 15 is 4.39 Å². The highest BCUT2D eigenvalue weighted by atomic mass is 19.1. The van der Waals surface area contributed by atoms with Gasteiger partial charge in [0.15, 0.2) is 11.6 Å². The van der Waals surface area contributed by atoms with Crippen molar-refractivity contribution in [3.8, 4) is 5.75 Å². The Morgan fingerprint density at radius 2 is 2.06 bits per heavy atom. The number of rotatable bonds is 3. The molecule has 0 bridgehead atoms. The number of hydrogen-bond donors (Lipinski definition) is 3. The number of H-pyrrole nitrogens is 1. The number of aromatic nitrogens is 2. The van der Waals surface area contributed by atoms with Gasteiger partial charge in [-0.15, -0.1) is 0 Å². The number of alkyl carbamates (subject to hydrolysis) is 1. The van der Waals surface area contributed by atoms with Gasteiger partial charge in [0.05, 0.1) is 17.1 Å². The molecule has 3 heterocycles. The molecule has 2 aliphatic rings.